The van der Waals surface area contributed by atoms with E-state index in [2.05, 4.69) is 142 Å². The van der Waals surface area contributed by atoms with E-state index in [0.717, 1.165) is 122 Å². The first-order chi connectivity index (χ1) is 33.6. The summed E-state index contributed by atoms with van der Waals surface area (Å²) in [6.45, 7) is 7.55. The quantitative estimate of drug-likeness (QED) is 0.0345. The number of allylic oxidation sites excluding steroid dienone is 20. The highest BCUT2D eigenvalue weighted by atomic mass is 16.6. The number of rotatable bonds is 50. The normalized spacial score (nSPS) is 13.2. The number of carbonyl (C=O) groups is 2. The van der Waals surface area contributed by atoms with Crippen molar-refractivity contribution in [1.29, 1.82) is 0 Å². The standard InChI is InChI=1S/C63H104O5/c1-4-7-10-13-16-19-22-25-28-30-32-34-36-38-41-44-47-50-53-56-62(64)67-60-61(59-66-58-55-52-49-46-43-40-27-24-21-18-15-12-9-6-3)68-63(65)57-54-51-48-45-42-39-37-35-33-31-29-26-23-20-17-14-11-8-5-2/h7,10,12,15-17,19-21,24-26,28-29,32-35,38,41,61H,4-6,8-9,11,13-14,18,22-23,27,30-31,36-37,39-40,42-60H2,1-3H3/b10-7-,15-12-,19-16-,20-17-,24-21-,28-25-,29-26-,34-32-,35-33-,41-38-. The fourth-order valence-corrected chi connectivity index (χ4v) is 7.29. The lowest BCUT2D eigenvalue weighted by molar-refractivity contribution is -0.163. The van der Waals surface area contributed by atoms with Crippen molar-refractivity contribution in [1.82, 2.24) is 0 Å². The molecule has 386 valence electrons. The Hall–Kier alpha value is -3.70. The first-order valence-electron chi connectivity index (χ1n) is 28.1. The van der Waals surface area contributed by atoms with E-state index in [9.17, 15) is 9.59 Å². The summed E-state index contributed by atoms with van der Waals surface area (Å²) in [5.74, 6) is -0.460. The lowest BCUT2D eigenvalue weighted by atomic mass is 10.1. The molecule has 0 aliphatic heterocycles. The Labute approximate surface area is 420 Å². The third kappa shape index (κ3) is 54.9. The minimum Gasteiger partial charge on any atom is -0.462 e. The van der Waals surface area contributed by atoms with Gasteiger partial charge in [0.05, 0.1) is 6.61 Å². The van der Waals surface area contributed by atoms with Gasteiger partial charge in [-0.05, 0) is 128 Å². The summed E-state index contributed by atoms with van der Waals surface area (Å²) in [4.78, 5) is 25.5. The monoisotopic (exact) mass is 941 g/mol. The van der Waals surface area contributed by atoms with Crippen molar-refractivity contribution in [2.24, 2.45) is 0 Å². The second-order valence-electron chi connectivity index (χ2n) is 18.1. The molecule has 0 fully saturated rings. The Morgan fingerprint density at radius 3 is 1.13 bits per heavy atom. The summed E-state index contributed by atoms with van der Waals surface area (Å²) in [5.41, 5.74) is 0. The maximum atomic E-state index is 12.9. The first-order valence-corrected chi connectivity index (χ1v) is 28.1. The minimum absolute atomic E-state index is 0.0509. The van der Waals surface area contributed by atoms with Crippen LogP contribution in [0.4, 0.5) is 0 Å². The lowest BCUT2D eigenvalue weighted by Gasteiger charge is -2.18. The van der Waals surface area contributed by atoms with Crippen LogP contribution in [-0.2, 0) is 23.8 Å². The molecule has 0 spiro atoms. The van der Waals surface area contributed by atoms with Crippen LogP contribution in [0.1, 0.15) is 239 Å². The molecule has 0 N–H and O–H groups in total. The Kier molecular flexibility index (Phi) is 54.5. The highest BCUT2D eigenvalue weighted by molar-refractivity contribution is 5.70. The Balaban J connectivity index is 4.40. The van der Waals surface area contributed by atoms with Crippen LogP contribution in [-0.4, -0.2) is 37.9 Å². The second-order valence-corrected chi connectivity index (χ2v) is 18.1. The highest BCUT2D eigenvalue weighted by Crippen LogP contribution is 2.13. The molecule has 68 heavy (non-hydrogen) atoms. The molecule has 1 unspecified atom stereocenters. The Bertz CT molecular complexity index is 1390. The van der Waals surface area contributed by atoms with Crippen LogP contribution in [0.15, 0.2) is 122 Å². The van der Waals surface area contributed by atoms with Crippen LogP contribution in [0.5, 0.6) is 0 Å². The zero-order valence-corrected chi connectivity index (χ0v) is 44.3. The lowest BCUT2D eigenvalue weighted by Crippen LogP contribution is -2.30. The van der Waals surface area contributed by atoms with Gasteiger partial charge in [0.1, 0.15) is 6.61 Å². The summed E-state index contributed by atoms with van der Waals surface area (Å²) >= 11 is 0. The van der Waals surface area contributed by atoms with Crippen LogP contribution < -0.4 is 0 Å². The molecule has 0 aliphatic carbocycles. The summed E-state index contributed by atoms with van der Waals surface area (Å²) in [6.07, 6.45) is 80.7. The van der Waals surface area contributed by atoms with Crippen LogP contribution in [0, 0.1) is 0 Å². The largest absolute Gasteiger partial charge is 0.462 e. The Morgan fingerprint density at radius 1 is 0.338 bits per heavy atom. The van der Waals surface area contributed by atoms with Gasteiger partial charge in [0.2, 0.25) is 0 Å². The predicted octanol–water partition coefficient (Wildman–Crippen LogP) is 19.3. The fourth-order valence-electron chi connectivity index (χ4n) is 7.29. The van der Waals surface area contributed by atoms with Gasteiger partial charge in [-0.15, -0.1) is 0 Å². The summed E-state index contributed by atoms with van der Waals surface area (Å²) in [5, 5.41) is 0. The smallest absolute Gasteiger partial charge is 0.306 e. The van der Waals surface area contributed by atoms with Crippen molar-refractivity contribution in [2.45, 2.75) is 245 Å². The molecule has 0 amide bonds. The molecule has 5 heteroatoms. The van der Waals surface area contributed by atoms with Crippen molar-refractivity contribution in [3.63, 3.8) is 0 Å². The zero-order chi connectivity index (χ0) is 49.2. The average molecular weight is 942 g/mol. The van der Waals surface area contributed by atoms with E-state index >= 15 is 0 Å². The molecule has 0 heterocycles. The van der Waals surface area contributed by atoms with E-state index in [4.69, 9.17) is 14.2 Å². The molecule has 0 aromatic heterocycles. The fraction of sp³-hybridized carbons (Fsp3) is 0.651. The summed E-state index contributed by atoms with van der Waals surface area (Å²) in [7, 11) is 0. The molecule has 0 bridgehead atoms. The van der Waals surface area contributed by atoms with E-state index in [1.54, 1.807) is 0 Å². The molecule has 0 saturated carbocycles. The molecule has 0 rings (SSSR count). The van der Waals surface area contributed by atoms with Crippen molar-refractivity contribution >= 4 is 11.9 Å². The van der Waals surface area contributed by atoms with Gasteiger partial charge in [0.25, 0.3) is 0 Å². The third-order valence-corrected chi connectivity index (χ3v) is 11.4. The highest BCUT2D eigenvalue weighted by Gasteiger charge is 2.17. The molecule has 0 saturated heterocycles. The maximum Gasteiger partial charge on any atom is 0.306 e. The molecule has 0 radical (unpaired) electrons. The SMILES string of the molecule is CC/C=C\C/C=C\C/C=C\C/C=C\C/C=C\CCCCCC(=O)OCC(COCCCCCCCC/C=C\C/C=C\CCC)OC(=O)CCCCCCCC/C=C\C/C=C\C/C=C\CCCCC. The van der Waals surface area contributed by atoms with Gasteiger partial charge < -0.3 is 14.2 Å². The van der Waals surface area contributed by atoms with E-state index in [1.807, 2.05) is 0 Å². The van der Waals surface area contributed by atoms with Gasteiger partial charge in [0, 0.05) is 19.4 Å². The van der Waals surface area contributed by atoms with Gasteiger partial charge in [-0.1, -0.05) is 219 Å². The zero-order valence-electron chi connectivity index (χ0n) is 44.3. The van der Waals surface area contributed by atoms with E-state index in [0.29, 0.717) is 19.4 Å². The van der Waals surface area contributed by atoms with Gasteiger partial charge in [-0.2, -0.15) is 0 Å². The number of esters is 2. The van der Waals surface area contributed by atoms with Crippen LogP contribution in [0.3, 0.4) is 0 Å². The van der Waals surface area contributed by atoms with E-state index in [1.165, 1.54) is 83.5 Å². The van der Waals surface area contributed by atoms with E-state index in [-0.39, 0.29) is 25.2 Å². The Morgan fingerprint density at radius 2 is 0.691 bits per heavy atom. The van der Waals surface area contributed by atoms with Crippen LogP contribution >= 0.6 is 0 Å². The predicted molar refractivity (Wildman–Crippen MR) is 297 cm³/mol. The number of ether oxygens (including phenoxy) is 3. The molecule has 0 aliphatic rings. The number of unbranched alkanes of at least 4 members (excludes halogenated alkanes) is 19. The second kappa shape index (κ2) is 57.6. The van der Waals surface area contributed by atoms with Gasteiger partial charge >= 0.3 is 11.9 Å². The van der Waals surface area contributed by atoms with Gasteiger partial charge in [-0.25, -0.2) is 0 Å². The number of hydrogen-bond acceptors (Lipinski definition) is 5. The number of carbonyl (C=O) groups excluding carboxylic acids is 2. The molecular weight excluding hydrogens is 837 g/mol. The summed E-state index contributed by atoms with van der Waals surface area (Å²) in [6, 6.07) is 0. The van der Waals surface area contributed by atoms with Crippen molar-refractivity contribution < 1.29 is 23.8 Å². The third-order valence-electron chi connectivity index (χ3n) is 11.4. The first kappa shape index (κ1) is 64.3. The van der Waals surface area contributed by atoms with E-state index < -0.39 is 6.10 Å². The van der Waals surface area contributed by atoms with Gasteiger partial charge in [-0.3, -0.25) is 9.59 Å². The van der Waals surface area contributed by atoms with Crippen molar-refractivity contribution in [3.05, 3.63) is 122 Å². The minimum atomic E-state index is -0.572. The molecule has 0 aromatic rings. The molecule has 0 aromatic carbocycles. The maximum absolute atomic E-state index is 12.9. The topological polar surface area (TPSA) is 61.8 Å². The van der Waals surface area contributed by atoms with Gasteiger partial charge in [0.15, 0.2) is 6.10 Å². The molecular formula is C63H104O5. The number of hydrogen-bond donors (Lipinski definition) is 0. The average Bonchev–Trinajstić information content (AvgIpc) is 3.34. The van der Waals surface area contributed by atoms with Crippen molar-refractivity contribution in [2.75, 3.05) is 19.8 Å². The molecule has 1 atom stereocenters. The summed E-state index contributed by atoms with van der Waals surface area (Å²) < 4.78 is 17.4. The van der Waals surface area contributed by atoms with Crippen LogP contribution in [0.2, 0.25) is 0 Å². The molecule has 5 nitrogen and oxygen atoms in total. The van der Waals surface area contributed by atoms with Crippen molar-refractivity contribution in [3.8, 4) is 0 Å². The van der Waals surface area contributed by atoms with Crippen LogP contribution in [0.25, 0.3) is 0 Å².